The zero-order valence-corrected chi connectivity index (χ0v) is 13.0. The lowest BCUT2D eigenvalue weighted by Gasteiger charge is -2.11. The number of hydrogen-bond acceptors (Lipinski definition) is 2. The van der Waals surface area contributed by atoms with Crippen LogP contribution in [0.15, 0.2) is 39.3 Å². The minimum atomic E-state index is -1.15. The molecule has 0 heterocycles. The van der Waals surface area contributed by atoms with Crippen molar-refractivity contribution in [3.8, 4) is 11.5 Å². The van der Waals surface area contributed by atoms with Gasteiger partial charge in [0.2, 0.25) is 5.82 Å². The molecule has 0 fully saturated rings. The van der Waals surface area contributed by atoms with Gasteiger partial charge in [-0.15, -0.1) is 0 Å². The van der Waals surface area contributed by atoms with E-state index in [4.69, 9.17) is 10.5 Å². The molecule has 2 aromatic rings. The van der Waals surface area contributed by atoms with E-state index >= 15 is 0 Å². The maximum absolute atomic E-state index is 13.7. The van der Waals surface area contributed by atoms with Crippen molar-refractivity contribution >= 4 is 37.8 Å². The van der Waals surface area contributed by atoms with Crippen molar-refractivity contribution in [1.82, 2.24) is 0 Å². The molecule has 0 aliphatic heterocycles. The first-order chi connectivity index (χ1) is 9.38. The van der Waals surface area contributed by atoms with Gasteiger partial charge in [0.15, 0.2) is 11.6 Å². The lowest BCUT2D eigenvalue weighted by Crippen LogP contribution is -2.12. The van der Waals surface area contributed by atoms with Gasteiger partial charge in [0.1, 0.15) is 5.75 Å². The number of halogens is 4. The van der Waals surface area contributed by atoms with Gasteiger partial charge in [-0.1, -0.05) is 31.9 Å². The highest BCUT2D eigenvalue weighted by Crippen LogP contribution is 2.32. The van der Waals surface area contributed by atoms with E-state index in [1.54, 1.807) is 6.07 Å². The molecular weight excluding hydrogens is 400 g/mol. The van der Waals surface area contributed by atoms with E-state index in [0.29, 0.717) is 8.95 Å². The van der Waals surface area contributed by atoms with E-state index in [1.165, 1.54) is 18.2 Å². The molecule has 1 amide bonds. The Hall–Kier alpha value is -1.47. The summed E-state index contributed by atoms with van der Waals surface area (Å²) >= 11 is 6.23. The number of ether oxygens (including phenoxy) is 1. The Morgan fingerprint density at radius 2 is 1.70 bits per heavy atom. The molecule has 104 valence electrons. The van der Waals surface area contributed by atoms with Crippen LogP contribution in [0.3, 0.4) is 0 Å². The second-order valence-electron chi connectivity index (χ2n) is 3.81. The van der Waals surface area contributed by atoms with Crippen LogP contribution in [0.1, 0.15) is 10.4 Å². The van der Waals surface area contributed by atoms with Crippen LogP contribution >= 0.6 is 31.9 Å². The molecule has 0 bridgehead atoms. The summed E-state index contributed by atoms with van der Waals surface area (Å²) in [7, 11) is 0. The summed E-state index contributed by atoms with van der Waals surface area (Å²) in [4.78, 5) is 11.3. The summed E-state index contributed by atoms with van der Waals surface area (Å²) in [5.41, 5.74) is 5.27. The smallest absolute Gasteiger partial charge is 0.252 e. The molecule has 0 aliphatic rings. The topological polar surface area (TPSA) is 52.3 Å². The number of hydrogen-bond donors (Lipinski definition) is 1. The van der Waals surface area contributed by atoms with Crippen molar-refractivity contribution in [1.29, 1.82) is 0 Å². The highest BCUT2D eigenvalue weighted by atomic mass is 79.9. The summed E-state index contributed by atoms with van der Waals surface area (Å²) in [5, 5.41) is 0. The molecule has 0 spiro atoms. The Labute approximate surface area is 130 Å². The fourth-order valence-electron chi connectivity index (χ4n) is 1.51. The third kappa shape index (κ3) is 3.16. The van der Waals surface area contributed by atoms with Crippen LogP contribution in [0.2, 0.25) is 0 Å². The summed E-state index contributed by atoms with van der Waals surface area (Å²) in [6.07, 6.45) is 0. The van der Waals surface area contributed by atoms with E-state index in [1.807, 2.05) is 0 Å². The van der Waals surface area contributed by atoms with E-state index in [0.717, 1.165) is 6.07 Å². The number of rotatable bonds is 3. The Balaban J connectivity index is 2.50. The predicted molar refractivity (Wildman–Crippen MR) is 76.8 cm³/mol. The summed E-state index contributed by atoms with van der Waals surface area (Å²) in [5.74, 6) is -3.27. The minimum absolute atomic E-state index is 0.0308. The average molecular weight is 407 g/mol. The van der Waals surface area contributed by atoms with Gasteiger partial charge in [-0.2, -0.15) is 4.39 Å². The van der Waals surface area contributed by atoms with Gasteiger partial charge < -0.3 is 10.5 Å². The van der Waals surface area contributed by atoms with Crippen molar-refractivity contribution < 1.29 is 18.3 Å². The van der Waals surface area contributed by atoms with Crippen molar-refractivity contribution in [2.75, 3.05) is 0 Å². The predicted octanol–water partition coefficient (Wildman–Crippen LogP) is 4.38. The molecule has 0 unspecified atom stereocenters. The fraction of sp³-hybridized carbons (Fsp3) is 0. The Kier molecular flexibility index (Phi) is 4.39. The zero-order valence-electron chi connectivity index (χ0n) is 9.79. The molecule has 0 aromatic heterocycles. The van der Waals surface area contributed by atoms with E-state index < -0.39 is 17.5 Å². The quantitative estimate of drug-likeness (QED) is 0.769. The number of benzene rings is 2. The van der Waals surface area contributed by atoms with E-state index in [9.17, 15) is 13.6 Å². The molecule has 2 rings (SSSR count). The molecule has 0 aliphatic carbocycles. The van der Waals surface area contributed by atoms with Gasteiger partial charge in [0.25, 0.3) is 5.91 Å². The molecule has 0 radical (unpaired) electrons. The normalized spacial score (nSPS) is 10.4. The Morgan fingerprint density at radius 1 is 1.05 bits per heavy atom. The highest BCUT2D eigenvalue weighted by Gasteiger charge is 2.16. The summed E-state index contributed by atoms with van der Waals surface area (Å²) in [6, 6.07) is 6.68. The van der Waals surface area contributed by atoms with Gasteiger partial charge in [-0.25, -0.2) is 4.39 Å². The van der Waals surface area contributed by atoms with Crippen LogP contribution in [0.25, 0.3) is 0 Å². The number of amides is 1. The molecule has 20 heavy (non-hydrogen) atoms. The molecule has 2 aromatic carbocycles. The van der Waals surface area contributed by atoms with Crippen LogP contribution in [0.4, 0.5) is 8.78 Å². The first kappa shape index (κ1) is 14.9. The fourth-order valence-corrected chi connectivity index (χ4v) is 2.26. The van der Waals surface area contributed by atoms with Gasteiger partial charge in [-0.05, 0) is 30.3 Å². The number of primary amides is 1. The largest absolute Gasteiger partial charge is 0.453 e. The summed E-state index contributed by atoms with van der Waals surface area (Å²) in [6.45, 7) is 0. The molecule has 0 saturated heterocycles. The third-order valence-electron chi connectivity index (χ3n) is 2.39. The van der Waals surface area contributed by atoms with Crippen molar-refractivity contribution in [2.45, 2.75) is 0 Å². The third-order valence-corrected chi connectivity index (χ3v) is 3.34. The molecule has 2 N–H and O–H groups in total. The van der Waals surface area contributed by atoms with Gasteiger partial charge in [0.05, 0.1) is 5.56 Å². The van der Waals surface area contributed by atoms with Gasteiger partial charge in [-0.3, -0.25) is 4.79 Å². The number of carbonyl (C=O) groups excluding carboxylic acids is 1. The summed E-state index contributed by atoms with van der Waals surface area (Å²) < 4.78 is 33.1. The number of carbonyl (C=O) groups is 1. The van der Waals surface area contributed by atoms with E-state index in [-0.39, 0.29) is 17.1 Å². The maximum atomic E-state index is 13.7. The minimum Gasteiger partial charge on any atom is -0.453 e. The van der Waals surface area contributed by atoms with E-state index in [2.05, 4.69) is 31.9 Å². The lowest BCUT2D eigenvalue weighted by molar-refractivity contribution is 0.0998. The molecule has 0 atom stereocenters. The molecular formula is C13H7Br2F2NO2. The van der Waals surface area contributed by atoms with Crippen molar-refractivity contribution in [3.05, 3.63) is 56.5 Å². The first-order valence-electron chi connectivity index (χ1n) is 5.30. The van der Waals surface area contributed by atoms with Crippen LogP contribution in [0, 0.1) is 11.6 Å². The Bertz CT molecular complexity index is 692. The standard InChI is InChI=1S/C13H7Br2F2NO2/c14-6-1-2-8(13(18)19)10(4-6)20-11-5-7(15)3-9(16)12(11)17/h1-5H,(H2,18,19). The maximum Gasteiger partial charge on any atom is 0.252 e. The van der Waals surface area contributed by atoms with Gasteiger partial charge >= 0.3 is 0 Å². The van der Waals surface area contributed by atoms with Crippen LogP contribution < -0.4 is 10.5 Å². The van der Waals surface area contributed by atoms with Crippen LogP contribution in [-0.4, -0.2) is 5.91 Å². The van der Waals surface area contributed by atoms with Crippen molar-refractivity contribution in [2.24, 2.45) is 5.73 Å². The second kappa shape index (κ2) is 5.88. The number of nitrogens with two attached hydrogens (primary N) is 1. The highest BCUT2D eigenvalue weighted by molar-refractivity contribution is 9.10. The monoisotopic (exact) mass is 405 g/mol. The molecule has 0 saturated carbocycles. The Morgan fingerprint density at radius 3 is 2.35 bits per heavy atom. The van der Waals surface area contributed by atoms with Crippen LogP contribution in [0.5, 0.6) is 11.5 Å². The SMILES string of the molecule is NC(=O)c1ccc(Br)cc1Oc1cc(Br)cc(F)c1F. The molecule has 3 nitrogen and oxygen atoms in total. The van der Waals surface area contributed by atoms with Crippen LogP contribution in [-0.2, 0) is 0 Å². The zero-order chi connectivity index (χ0) is 14.9. The second-order valence-corrected chi connectivity index (χ2v) is 5.64. The van der Waals surface area contributed by atoms with Gasteiger partial charge in [0, 0.05) is 8.95 Å². The lowest BCUT2D eigenvalue weighted by atomic mass is 10.2. The van der Waals surface area contributed by atoms with Crippen molar-refractivity contribution in [3.63, 3.8) is 0 Å². The first-order valence-corrected chi connectivity index (χ1v) is 6.89. The molecule has 7 heteroatoms. The average Bonchev–Trinajstić information content (AvgIpc) is 2.35.